The van der Waals surface area contributed by atoms with Crippen LogP contribution < -0.4 is 10.9 Å². The summed E-state index contributed by atoms with van der Waals surface area (Å²) in [6.45, 7) is -0.361. The Balaban J connectivity index is 2.33. The Hall–Kier alpha value is -2.70. The van der Waals surface area contributed by atoms with E-state index < -0.39 is 23.3 Å². The molecule has 1 amide bonds. The van der Waals surface area contributed by atoms with Crippen molar-refractivity contribution in [3.05, 3.63) is 46.3 Å². The van der Waals surface area contributed by atoms with Crippen molar-refractivity contribution in [3.8, 4) is 0 Å². The van der Waals surface area contributed by atoms with Gasteiger partial charge in [0.15, 0.2) is 5.76 Å². The molecule has 1 aromatic heterocycles. The number of esters is 1. The molecule has 0 bridgehead atoms. The summed E-state index contributed by atoms with van der Waals surface area (Å²) in [6, 6.07) is 4.73. The zero-order chi connectivity index (χ0) is 14.7. The van der Waals surface area contributed by atoms with Crippen LogP contribution in [0, 0.1) is 5.82 Å². The number of benzene rings is 1. The van der Waals surface area contributed by atoms with E-state index in [2.05, 4.69) is 10.1 Å². The van der Waals surface area contributed by atoms with Crippen LogP contribution in [0.1, 0.15) is 10.6 Å². The van der Waals surface area contributed by atoms with E-state index in [1.807, 2.05) is 0 Å². The molecule has 0 atom stereocenters. The summed E-state index contributed by atoms with van der Waals surface area (Å²) in [5.41, 5.74) is -0.759. The van der Waals surface area contributed by atoms with Crippen LogP contribution in [0.2, 0.25) is 0 Å². The fourth-order valence-electron chi connectivity index (χ4n) is 1.59. The lowest BCUT2D eigenvalue weighted by atomic mass is 10.1. The maximum absolute atomic E-state index is 13.1. The van der Waals surface area contributed by atoms with Gasteiger partial charge in [-0.05, 0) is 29.7 Å². The first-order chi connectivity index (χ1) is 9.51. The van der Waals surface area contributed by atoms with Crippen LogP contribution in [-0.2, 0) is 9.53 Å². The lowest BCUT2D eigenvalue weighted by Crippen LogP contribution is -2.30. The van der Waals surface area contributed by atoms with Crippen molar-refractivity contribution < 1.29 is 23.1 Å². The number of nitrogens with one attached hydrogen (secondary N) is 1. The first-order valence-electron chi connectivity index (χ1n) is 5.59. The summed E-state index contributed by atoms with van der Waals surface area (Å²) in [5.74, 6) is -2.26. The topological polar surface area (TPSA) is 85.6 Å². The highest BCUT2D eigenvalue weighted by molar-refractivity contribution is 5.96. The van der Waals surface area contributed by atoms with Gasteiger partial charge in [0.2, 0.25) is 0 Å². The van der Waals surface area contributed by atoms with Gasteiger partial charge in [-0.15, -0.1) is 0 Å². The summed E-state index contributed by atoms with van der Waals surface area (Å²) in [6.07, 6.45) is 0. The number of hydrogen-bond acceptors (Lipinski definition) is 5. The van der Waals surface area contributed by atoms with E-state index in [-0.39, 0.29) is 23.1 Å². The van der Waals surface area contributed by atoms with E-state index in [0.717, 1.165) is 12.1 Å². The molecule has 0 aliphatic heterocycles. The van der Waals surface area contributed by atoms with Crippen LogP contribution in [0.15, 0.2) is 33.5 Å². The highest BCUT2D eigenvalue weighted by Crippen LogP contribution is 2.13. The third-order valence-electron chi connectivity index (χ3n) is 2.57. The number of halogens is 1. The molecule has 7 heteroatoms. The molecule has 0 unspecified atom stereocenters. The molecule has 6 nitrogen and oxygen atoms in total. The van der Waals surface area contributed by atoms with Crippen LogP contribution >= 0.6 is 0 Å². The quantitative estimate of drug-likeness (QED) is 0.841. The molecule has 1 heterocycles. The zero-order valence-electron chi connectivity index (χ0n) is 10.4. The Morgan fingerprint density at radius 3 is 2.80 bits per heavy atom. The van der Waals surface area contributed by atoms with Gasteiger partial charge < -0.3 is 14.5 Å². The highest BCUT2D eigenvalue weighted by Gasteiger charge is 2.13. The van der Waals surface area contributed by atoms with Gasteiger partial charge >= 0.3 is 11.6 Å². The van der Waals surface area contributed by atoms with Gasteiger partial charge in [0.25, 0.3) is 5.91 Å². The molecule has 2 aromatic rings. The predicted molar refractivity (Wildman–Crippen MR) is 66.8 cm³/mol. The lowest BCUT2D eigenvalue weighted by Gasteiger charge is -2.04. The van der Waals surface area contributed by atoms with E-state index >= 15 is 0 Å². The smallest absolute Gasteiger partial charge is 0.344 e. The molecule has 0 saturated carbocycles. The standard InChI is InChI=1S/C13H10FNO5/c1-19-11(16)6-15-12(17)10-5-7-4-8(14)2-3-9(7)13(18)20-10/h2-5H,6H2,1H3,(H,15,17). The molecule has 1 aromatic carbocycles. The maximum Gasteiger partial charge on any atom is 0.344 e. The average molecular weight is 279 g/mol. The van der Waals surface area contributed by atoms with Gasteiger partial charge in [-0.2, -0.15) is 0 Å². The minimum atomic E-state index is -0.765. The fraction of sp³-hybridized carbons (Fsp3) is 0.154. The molecule has 0 spiro atoms. The first-order valence-corrected chi connectivity index (χ1v) is 5.59. The van der Waals surface area contributed by atoms with Crippen LogP contribution in [0.25, 0.3) is 10.8 Å². The highest BCUT2D eigenvalue weighted by atomic mass is 19.1. The van der Waals surface area contributed by atoms with Crippen molar-refractivity contribution in [1.29, 1.82) is 0 Å². The monoisotopic (exact) mass is 279 g/mol. The van der Waals surface area contributed by atoms with Crippen LogP contribution in [0.3, 0.4) is 0 Å². The third-order valence-corrected chi connectivity index (χ3v) is 2.57. The SMILES string of the molecule is COC(=O)CNC(=O)c1cc2cc(F)ccc2c(=O)o1. The molecule has 1 N–H and O–H groups in total. The maximum atomic E-state index is 13.1. The van der Waals surface area contributed by atoms with Crippen molar-refractivity contribution in [3.63, 3.8) is 0 Å². The van der Waals surface area contributed by atoms with Crippen molar-refractivity contribution in [2.75, 3.05) is 13.7 Å². The number of methoxy groups -OCH3 is 1. The summed E-state index contributed by atoms with van der Waals surface area (Å²) < 4.78 is 22.3. The Morgan fingerprint density at radius 1 is 1.35 bits per heavy atom. The lowest BCUT2D eigenvalue weighted by molar-refractivity contribution is -0.139. The Bertz CT molecular complexity index is 737. The summed E-state index contributed by atoms with van der Waals surface area (Å²) in [4.78, 5) is 34.2. The van der Waals surface area contributed by atoms with Crippen LogP contribution in [0.4, 0.5) is 4.39 Å². The molecule has 2 rings (SSSR count). The Morgan fingerprint density at radius 2 is 2.10 bits per heavy atom. The van der Waals surface area contributed by atoms with Gasteiger partial charge in [-0.3, -0.25) is 9.59 Å². The molecule has 0 saturated heterocycles. The van der Waals surface area contributed by atoms with Crippen LogP contribution in [0.5, 0.6) is 0 Å². The second-order valence-corrected chi connectivity index (χ2v) is 3.89. The normalized spacial score (nSPS) is 10.3. The predicted octanol–water partition coefficient (Wildman–Crippen LogP) is 0.835. The zero-order valence-corrected chi connectivity index (χ0v) is 10.4. The largest absolute Gasteiger partial charge is 0.468 e. The third kappa shape index (κ3) is 2.82. The van der Waals surface area contributed by atoms with Gasteiger partial charge in [-0.25, -0.2) is 9.18 Å². The number of carbonyl (C=O) groups excluding carboxylic acids is 2. The van der Waals surface area contributed by atoms with Crippen molar-refractivity contribution in [2.45, 2.75) is 0 Å². The Kier molecular flexibility index (Phi) is 3.79. The number of hydrogen-bond donors (Lipinski definition) is 1. The molecule has 20 heavy (non-hydrogen) atoms. The molecular weight excluding hydrogens is 269 g/mol. The van der Waals surface area contributed by atoms with Crippen LogP contribution in [-0.4, -0.2) is 25.5 Å². The van der Waals surface area contributed by atoms with Crippen molar-refractivity contribution in [2.24, 2.45) is 0 Å². The average Bonchev–Trinajstić information content (AvgIpc) is 2.43. The summed E-state index contributed by atoms with van der Waals surface area (Å²) in [5, 5.41) is 2.62. The molecule has 0 fully saturated rings. The van der Waals surface area contributed by atoms with Crippen molar-refractivity contribution >= 4 is 22.6 Å². The van der Waals surface area contributed by atoms with Gasteiger partial charge in [0.1, 0.15) is 12.4 Å². The van der Waals surface area contributed by atoms with E-state index in [4.69, 9.17) is 4.42 Å². The minimum absolute atomic E-state index is 0.163. The summed E-state index contributed by atoms with van der Waals surface area (Å²) in [7, 11) is 1.17. The summed E-state index contributed by atoms with van der Waals surface area (Å²) >= 11 is 0. The van der Waals surface area contributed by atoms with E-state index in [0.29, 0.717) is 0 Å². The first kappa shape index (κ1) is 13.7. The molecular formula is C13H10FNO5. The molecule has 104 valence electrons. The van der Waals surface area contributed by atoms with Gasteiger partial charge in [-0.1, -0.05) is 0 Å². The number of fused-ring (bicyclic) bond motifs is 1. The number of amides is 1. The molecule has 0 aliphatic rings. The fourth-order valence-corrected chi connectivity index (χ4v) is 1.59. The van der Waals surface area contributed by atoms with E-state index in [1.54, 1.807) is 0 Å². The number of ether oxygens (including phenoxy) is 1. The Labute approximate surface area is 112 Å². The van der Waals surface area contributed by atoms with E-state index in [9.17, 15) is 18.8 Å². The molecule has 0 aliphatic carbocycles. The second kappa shape index (κ2) is 5.52. The second-order valence-electron chi connectivity index (χ2n) is 3.89. The van der Waals surface area contributed by atoms with Gasteiger partial charge in [0, 0.05) is 0 Å². The van der Waals surface area contributed by atoms with Crippen molar-refractivity contribution in [1.82, 2.24) is 5.32 Å². The minimum Gasteiger partial charge on any atom is -0.468 e. The number of carbonyl (C=O) groups is 2. The number of rotatable bonds is 3. The molecule has 0 radical (unpaired) electrons. The van der Waals surface area contributed by atoms with E-state index in [1.165, 1.54) is 19.2 Å². The van der Waals surface area contributed by atoms with Gasteiger partial charge in [0.05, 0.1) is 12.5 Å².